The third kappa shape index (κ3) is 4.92. The first-order chi connectivity index (χ1) is 15.0. The van der Waals surface area contributed by atoms with Crippen LogP contribution in [0.3, 0.4) is 0 Å². The van der Waals surface area contributed by atoms with Gasteiger partial charge in [0.2, 0.25) is 0 Å². The summed E-state index contributed by atoms with van der Waals surface area (Å²) in [5, 5.41) is 16.0. The van der Waals surface area contributed by atoms with Gasteiger partial charge in [-0.2, -0.15) is 0 Å². The molecule has 2 aliphatic heterocycles. The van der Waals surface area contributed by atoms with Gasteiger partial charge < -0.3 is 26.6 Å². The van der Waals surface area contributed by atoms with Gasteiger partial charge in [-0.3, -0.25) is 0 Å². The van der Waals surface area contributed by atoms with Gasteiger partial charge >= 0.3 is 6.03 Å². The van der Waals surface area contributed by atoms with E-state index in [2.05, 4.69) is 36.6 Å². The Bertz CT molecular complexity index is 932. The number of hydrogen-bond acceptors (Lipinski definition) is 6. The van der Waals surface area contributed by atoms with Gasteiger partial charge in [0.25, 0.3) is 0 Å². The zero-order valence-electron chi connectivity index (χ0n) is 17.3. The lowest BCUT2D eigenvalue weighted by molar-refractivity contribution is 0.230. The second-order valence-electron chi connectivity index (χ2n) is 7.89. The van der Waals surface area contributed by atoms with Gasteiger partial charge in [0, 0.05) is 36.1 Å². The van der Waals surface area contributed by atoms with Crippen molar-refractivity contribution in [3.63, 3.8) is 0 Å². The van der Waals surface area contributed by atoms with Crippen LogP contribution in [0.5, 0.6) is 0 Å². The second-order valence-corrected chi connectivity index (χ2v) is 8.32. The molecule has 0 aromatic carbocycles. The van der Waals surface area contributed by atoms with Crippen LogP contribution in [0, 0.1) is 5.82 Å². The molecular formula is C21H27ClFN7O. The van der Waals surface area contributed by atoms with Crippen LogP contribution in [0.25, 0.3) is 5.57 Å². The summed E-state index contributed by atoms with van der Waals surface area (Å²) in [7, 11) is 0. The van der Waals surface area contributed by atoms with Gasteiger partial charge in [0.05, 0.1) is 17.3 Å². The Hall–Kier alpha value is -2.81. The number of anilines is 1. The average molecular weight is 448 g/mol. The van der Waals surface area contributed by atoms with Gasteiger partial charge in [0.1, 0.15) is 6.17 Å². The van der Waals surface area contributed by atoms with Crippen molar-refractivity contribution in [2.75, 3.05) is 11.9 Å². The Morgan fingerprint density at radius 3 is 2.84 bits per heavy atom. The molecule has 4 rings (SSSR count). The molecule has 0 saturated heterocycles. The van der Waals surface area contributed by atoms with Crippen molar-refractivity contribution in [1.29, 1.82) is 0 Å². The van der Waals surface area contributed by atoms with E-state index in [0.29, 0.717) is 17.4 Å². The molecule has 1 aliphatic carbocycles. The zero-order valence-corrected chi connectivity index (χ0v) is 18.1. The largest absolute Gasteiger partial charge is 0.367 e. The lowest BCUT2D eigenvalue weighted by atomic mass is 9.90. The Morgan fingerprint density at radius 1 is 1.26 bits per heavy atom. The monoisotopic (exact) mass is 447 g/mol. The highest BCUT2D eigenvalue weighted by Gasteiger charge is 2.30. The Balaban J connectivity index is 1.50. The fraction of sp³-hybridized carbons (Fsp3) is 0.476. The summed E-state index contributed by atoms with van der Waals surface area (Å²) in [5.74, 6) is 0.00707. The van der Waals surface area contributed by atoms with Crippen LogP contribution in [-0.2, 0) is 0 Å². The molecule has 1 aromatic heterocycles. The van der Waals surface area contributed by atoms with E-state index in [1.165, 1.54) is 6.20 Å². The second kappa shape index (κ2) is 9.55. The van der Waals surface area contributed by atoms with E-state index in [4.69, 9.17) is 11.6 Å². The molecule has 166 valence electrons. The maximum absolute atomic E-state index is 14.6. The number of carbonyl (C=O) groups is 1. The number of nitrogens with zero attached hydrogens (tertiary/aromatic N) is 2. The third-order valence-corrected chi connectivity index (χ3v) is 5.84. The first-order valence-electron chi connectivity index (χ1n) is 10.7. The smallest absolute Gasteiger partial charge is 0.315 e. The number of allylic oxidation sites excluding steroid dienone is 2. The average Bonchev–Trinajstić information content (AvgIpc) is 3.18. The summed E-state index contributed by atoms with van der Waals surface area (Å²) < 4.78 is 14.6. The number of urea groups is 1. The van der Waals surface area contributed by atoms with Gasteiger partial charge in [-0.25, -0.2) is 19.2 Å². The van der Waals surface area contributed by atoms with Crippen molar-refractivity contribution >= 4 is 29.0 Å². The molecule has 0 radical (unpaired) electrons. The molecule has 1 fully saturated rings. The molecule has 8 nitrogen and oxygen atoms in total. The van der Waals surface area contributed by atoms with Crippen LogP contribution in [0.15, 0.2) is 35.3 Å². The highest BCUT2D eigenvalue weighted by Crippen LogP contribution is 2.31. The molecule has 3 heterocycles. The number of nitrogens with one attached hydrogen (secondary N) is 5. The molecule has 3 atom stereocenters. The fourth-order valence-corrected chi connectivity index (χ4v) is 4.23. The minimum atomic E-state index is -0.528. The van der Waals surface area contributed by atoms with Crippen LogP contribution in [0.1, 0.15) is 44.9 Å². The predicted octanol–water partition coefficient (Wildman–Crippen LogP) is 2.93. The molecule has 5 N–H and O–H groups in total. The van der Waals surface area contributed by atoms with Gasteiger partial charge in [0.15, 0.2) is 17.5 Å². The topological polar surface area (TPSA) is 103 Å². The lowest BCUT2D eigenvalue weighted by Crippen LogP contribution is -2.51. The number of aromatic nitrogens is 2. The molecule has 1 aromatic rings. The van der Waals surface area contributed by atoms with E-state index < -0.39 is 5.82 Å². The van der Waals surface area contributed by atoms with Crippen LogP contribution in [0.2, 0.25) is 0 Å². The zero-order chi connectivity index (χ0) is 21.8. The number of carbonyl (C=O) groups excluding carboxylic acids is 1. The van der Waals surface area contributed by atoms with Crippen molar-refractivity contribution in [3.8, 4) is 0 Å². The van der Waals surface area contributed by atoms with Crippen LogP contribution < -0.4 is 26.6 Å². The van der Waals surface area contributed by atoms with Gasteiger partial charge in [-0.05, 0) is 25.3 Å². The van der Waals surface area contributed by atoms with Crippen molar-refractivity contribution in [1.82, 2.24) is 31.2 Å². The Kier molecular flexibility index (Phi) is 6.60. The van der Waals surface area contributed by atoms with Gasteiger partial charge in [-0.1, -0.05) is 31.4 Å². The van der Waals surface area contributed by atoms with Crippen LogP contribution >= 0.6 is 11.6 Å². The SMILES string of the molecule is CCCNC(=O)N[C@@H]1CCCC[C@H]1Nc1nc(C2=CNC3NC=C(Cl)C=C23)ncc1F. The Morgan fingerprint density at radius 2 is 2.03 bits per heavy atom. The summed E-state index contributed by atoms with van der Waals surface area (Å²) in [6.07, 6.45) is 10.9. The standard InChI is InChI=1S/C21H27ClFN7O/c1-2-7-24-21(31)29-17-6-4-3-5-16(17)28-20-15(23)11-27-19(30-20)14-10-26-18-13(14)8-12(22)9-25-18/h8-11,16-18,25-26H,2-7H2,1H3,(H2,24,29,31)(H,27,28,30)/t16-,17-,18?/m1/s1. The summed E-state index contributed by atoms with van der Waals surface area (Å²) >= 11 is 6.12. The third-order valence-electron chi connectivity index (χ3n) is 5.62. The van der Waals surface area contributed by atoms with E-state index in [9.17, 15) is 9.18 Å². The normalized spacial score (nSPS) is 24.6. The van der Waals surface area contributed by atoms with E-state index in [0.717, 1.165) is 43.3 Å². The van der Waals surface area contributed by atoms with Crippen molar-refractivity contribution in [2.24, 2.45) is 0 Å². The van der Waals surface area contributed by atoms with E-state index >= 15 is 0 Å². The number of rotatable bonds is 6. The van der Waals surface area contributed by atoms with Gasteiger partial charge in [-0.15, -0.1) is 0 Å². The summed E-state index contributed by atoms with van der Waals surface area (Å²) in [6, 6.07) is -0.414. The maximum Gasteiger partial charge on any atom is 0.315 e. The molecule has 3 aliphatic rings. The first-order valence-corrected chi connectivity index (χ1v) is 11.1. The number of halogens is 2. The minimum Gasteiger partial charge on any atom is -0.367 e. The lowest BCUT2D eigenvalue weighted by Gasteiger charge is -2.33. The quantitative estimate of drug-likeness (QED) is 0.459. The molecule has 10 heteroatoms. The molecule has 0 bridgehead atoms. The van der Waals surface area contributed by atoms with Crippen molar-refractivity contribution in [3.05, 3.63) is 46.9 Å². The van der Waals surface area contributed by atoms with Crippen LogP contribution in [0.4, 0.5) is 15.0 Å². The number of hydrogen-bond donors (Lipinski definition) is 5. The number of amides is 2. The summed E-state index contributed by atoms with van der Waals surface area (Å²) in [6.45, 7) is 2.62. The van der Waals surface area contributed by atoms with E-state index in [1.54, 1.807) is 12.4 Å². The molecular weight excluding hydrogens is 421 g/mol. The first kappa shape index (κ1) is 21.4. The molecule has 1 saturated carbocycles. The molecule has 2 amide bonds. The highest BCUT2D eigenvalue weighted by atomic mass is 35.5. The summed E-state index contributed by atoms with van der Waals surface area (Å²) in [5.41, 5.74) is 1.65. The maximum atomic E-state index is 14.6. The van der Waals surface area contributed by atoms with E-state index in [1.807, 2.05) is 13.0 Å². The predicted molar refractivity (Wildman–Crippen MR) is 119 cm³/mol. The fourth-order valence-electron chi connectivity index (χ4n) is 4.05. The Labute approximate surface area is 185 Å². The van der Waals surface area contributed by atoms with Crippen molar-refractivity contribution < 1.29 is 9.18 Å². The number of fused-ring (bicyclic) bond motifs is 1. The van der Waals surface area contributed by atoms with Crippen LogP contribution in [-0.4, -0.2) is 40.8 Å². The minimum absolute atomic E-state index is 0.102. The van der Waals surface area contributed by atoms with E-state index in [-0.39, 0.29) is 30.1 Å². The molecule has 0 spiro atoms. The summed E-state index contributed by atoms with van der Waals surface area (Å²) in [4.78, 5) is 20.8. The van der Waals surface area contributed by atoms with Crippen molar-refractivity contribution in [2.45, 2.75) is 57.3 Å². The highest BCUT2D eigenvalue weighted by molar-refractivity contribution is 6.31. The number of dihydropyridines is 1. The molecule has 31 heavy (non-hydrogen) atoms. The molecule has 1 unspecified atom stereocenters.